The maximum absolute atomic E-state index is 12.5. The van der Waals surface area contributed by atoms with Gasteiger partial charge in [-0.05, 0) is 37.0 Å². The van der Waals surface area contributed by atoms with Crippen molar-refractivity contribution in [3.63, 3.8) is 0 Å². The molecule has 7 heteroatoms. The Bertz CT molecular complexity index is 634. The Morgan fingerprint density at radius 2 is 2.08 bits per heavy atom. The van der Waals surface area contributed by atoms with Crippen molar-refractivity contribution in [2.75, 3.05) is 20.1 Å². The molecule has 3 rings (SSSR count). The second-order valence-corrected chi connectivity index (χ2v) is 7.87. The molecule has 1 heterocycles. The van der Waals surface area contributed by atoms with Crippen molar-refractivity contribution in [2.45, 2.75) is 44.7 Å². The SMILES string of the molecule is CN=C(NCc1cccc(Br)c1)NC1CCN(C(=O)C2CCCC2)C1.I. The molecule has 5 nitrogen and oxygen atoms in total. The fourth-order valence-electron chi connectivity index (χ4n) is 3.73. The van der Waals surface area contributed by atoms with Crippen LogP contribution in [0.1, 0.15) is 37.7 Å². The van der Waals surface area contributed by atoms with E-state index < -0.39 is 0 Å². The van der Waals surface area contributed by atoms with Crippen LogP contribution in [0.2, 0.25) is 0 Å². The van der Waals surface area contributed by atoms with Gasteiger partial charge in [-0.25, -0.2) is 0 Å². The first-order valence-electron chi connectivity index (χ1n) is 9.16. The van der Waals surface area contributed by atoms with Crippen molar-refractivity contribution in [2.24, 2.45) is 10.9 Å². The van der Waals surface area contributed by atoms with E-state index in [-0.39, 0.29) is 35.9 Å². The van der Waals surface area contributed by atoms with Gasteiger partial charge in [0.1, 0.15) is 0 Å². The number of halogens is 2. The molecule has 2 N–H and O–H groups in total. The van der Waals surface area contributed by atoms with Crippen molar-refractivity contribution >= 4 is 51.8 Å². The van der Waals surface area contributed by atoms with E-state index in [0.29, 0.717) is 5.91 Å². The molecule has 2 aliphatic rings. The van der Waals surface area contributed by atoms with Gasteiger partial charge < -0.3 is 15.5 Å². The molecule has 1 atom stereocenters. The molecule has 0 bridgehead atoms. The number of guanidine groups is 1. The summed E-state index contributed by atoms with van der Waals surface area (Å²) in [6.45, 7) is 2.36. The summed E-state index contributed by atoms with van der Waals surface area (Å²) >= 11 is 3.49. The van der Waals surface area contributed by atoms with Gasteiger partial charge in [0, 0.05) is 43.1 Å². The molecule has 1 saturated carbocycles. The van der Waals surface area contributed by atoms with Gasteiger partial charge in [0.05, 0.1) is 0 Å². The second-order valence-electron chi connectivity index (χ2n) is 6.95. The van der Waals surface area contributed by atoms with Crippen molar-refractivity contribution in [1.82, 2.24) is 15.5 Å². The van der Waals surface area contributed by atoms with Crippen molar-refractivity contribution in [3.8, 4) is 0 Å². The van der Waals surface area contributed by atoms with E-state index in [1.54, 1.807) is 7.05 Å². The van der Waals surface area contributed by atoms with Gasteiger partial charge in [0.25, 0.3) is 0 Å². The summed E-state index contributed by atoms with van der Waals surface area (Å²) in [4.78, 5) is 18.9. The zero-order chi connectivity index (χ0) is 17.6. The van der Waals surface area contributed by atoms with Gasteiger partial charge in [-0.2, -0.15) is 0 Å². The Labute approximate surface area is 181 Å². The topological polar surface area (TPSA) is 56.7 Å². The van der Waals surface area contributed by atoms with E-state index >= 15 is 0 Å². The van der Waals surface area contributed by atoms with Crippen LogP contribution in [0.4, 0.5) is 0 Å². The minimum Gasteiger partial charge on any atom is -0.352 e. The number of benzene rings is 1. The summed E-state index contributed by atoms with van der Waals surface area (Å²) in [5.74, 6) is 1.42. The lowest BCUT2D eigenvalue weighted by Gasteiger charge is -2.21. The highest BCUT2D eigenvalue weighted by Gasteiger charge is 2.32. The summed E-state index contributed by atoms with van der Waals surface area (Å²) < 4.78 is 1.08. The quantitative estimate of drug-likeness (QED) is 0.353. The van der Waals surface area contributed by atoms with Crippen LogP contribution in [-0.4, -0.2) is 42.9 Å². The van der Waals surface area contributed by atoms with Crippen LogP contribution in [0.3, 0.4) is 0 Å². The highest BCUT2D eigenvalue weighted by Crippen LogP contribution is 2.27. The lowest BCUT2D eigenvalue weighted by molar-refractivity contribution is -0.134. The normalized spacial score (nSPS) is 20.8. The Morgan fingerprint density at radius 1 is 1.31 bits per heavy atom. The zero-order valence-corrected chi connectivity index (χ0v) is 19.1. The third-order valence-electron chi connectivity index (χ3n) is 5.12. The highest BCUT2D eigenvalue weighted by atomic mass is 127. The van der Waals surface area contributed by atoms with Gasteiger partial charge in [-0.15, -0.1) is 24.0 Å². The maximum atomic E-state index is 12.5. The lowest BCUT2D eigenvalue weighted by Crippen LogP contribution is -2.45. The second kappa shape index (κ2) is 10.5. The zero-order valence-electron chi connectivity index (χ0n) is 15.2. The Hall–Kier alpha value is -0.830. The van der Waals surface area contributed by atoms with Gasteiger partial charge >= 0.3 is 0 Å². The fraction of sp³-hybridized carbons (Fsp3) is 0.579. The molecule has 1 aromatic rings. The monoisotopic (exact) mass is 534 g/mol. The predicted molar refractivity (Wildman–Crippen MR) is 120 cm³/mol. The summed E-state index contributed by atoms with van der Waals surface area (Å²) in [5.41, 5.74) is 1.20. The van der Waals surface area contributed by atoms with E-state index in [0.717, 1.165) is 49.3 Å². The molecule has 1 saturated heterocycles. The van der Waals surface area contributed by atoms with Crippen LogP contribution in [0.25, 0.3) is 0 Å². The standard InChI is InChI=1S/C19H27BrN4O.HI/c1-21-19(22-12-14-5-4-8-16(20)11-14)23-17-9-10-24(13-17)18(25)15-6-2-3-7-15;/h4-5,8,11,15,17H,2-3,6-7,9-10,12-13H2,1H3,(H2,21,22,23);1H. The van der Waals surface area contributed by atoms with Crippen molar-refractivity contribution in [1.29, 1.82) is 0 Å². The number of hydrogen-bond donors (Lipinski definition) is 2. The fourth-order valence-corrected chi connectivity index (χ4v) is 4.18. The Kier molecular flexibility index (Phi) is 8.66. The molecule has 1 aliphatic heterocycles. The van der Waals surface area contributed by atoms with Gasteiger partial charge in [-0.1, -0.05) is 40.9 Å². The molecule has 26 heavy (non-hydrogen) atoms. The molecule has 1 amide bonds. The Morgan fingerprint density at radius 3 is 2.77 bits per heavy atom. The number of nitrogens with one attached hydrogen (secondary N) is 2. The average Bonchev–Trinajstić information content (AvgIpc) is 3.30. The molecule has 1 unspecified atom stereocenters. The third-order valence-corrected chi connectivity index (χ3v) is 5.61. The highest BCUT2D eigenvalue weighted by molar-refractivity contribution is 14.0. The predicted octanol–water partition coefficient (Wildman–Crippen LogP) is 3.52. The van der Waals surface area contributed by atoms with Crippen molar-refractivity contribution in [3.05, 3.63) is 34.3 Å². The largest absolute Gasteiger partial charge is 0.352 e. The summed E-state index contributed by atoms with van der Waals surface area (Å²) in [5, 5.41) is 6.81. The third kappa shape index (κ3) is 5.84. The first kappa shape index (κ1) is 21.5. The van der Waals surface area contributed by atoms with E-state index in [9.17, 15) is 4.79 Å². The van der Waals surface area contributed by atoms with E-state index in [2.05, 4.69) is 43.7 Å². The van der Waals surface area contributed by atoms with Crippen LogP contribution >= 0.6 is 39.9 Å². The number of likely N-dealkylation sites (tertiary alicyclic amines) is 1. The van der Waals surface area contributed by atoms with Gasteiger partial charge in [-0.3, -0.25) is 9.79 Å². The minimum absolute atomic E-state index is 0. The molecule has 144 valence electrons. The number of nitrogens with zero attached hydrogens (tertiary/aromatic N) is 2. The molecule has 1 aromatic carbocycles. The molecule has 0 aromatic heterocycles. The number of amides is 1. The number of rotatable bonds is 4. The van der Waals surface area contributed by atoms with E-state index in [1.165, 1.54) is 18.4 Å². The van der Waals surface area contributed by atoms with Gasteiger partial charge in [0.2, 0.25) is 5.91 Å². The molecule has 2 fully saturated rings. The van der Waals surface area contributed by atoms with Crippen LogP contribution in [0.5, 0.6) is 0 Å². The molecule has 1 aliphatic carbocycles. The van der Waals surface area contributed by atoms with Crippen LogP contribution in [0, 0.1) is 5.92 Å². The van der Waals surface area contributed by atoms with Crippen molar-refractivity contribution < 1.29 is 4.79 Å². The summed E-state index contributed by atoms with van der Waals surface area (Å²) in [6, 6.07) is 8.51. The maximum Gasteiger partial charge on any atom is 0.225 e. The molecule has 0 spiro atoms. The molecule has 0 radical (unpaired) electrons. The number of carbonyl (C=O) groups is 1. The lowest BCUT2D eigenvalue weighted by atomic mass is 10.1. The number of aliphatic imine (C=N–C) groups is 1. The first-order valence-corrected chi connectivity index (χ1v) is 9.95. The molecular weight excluding hydrogens is 507 g/mol. The summed E-state index contributed by atoms with van der Waals surface area (Å²) in [6.07, 6.45) is 5.54. The van der Waals surface area contributed by atoms with Crippen LogP contribution in [0.15, 0.2) is 33.7 Å². The number of hydrogen-bond acceptors (Lipinski definition) is 2. The van der Waals surface area contributed by atoms with Gasteiger partial charge in [0.15, 0.2) is 5.96 Å². The van der Waals surface area contributed by atoms with Crippen LogP contribution < -0.4 is 10.6 Å². The molecular formula is C19H28BrIN4O. The van der Waals surface area contributed by atoms with E-state index in [1.807, 2.05) is 17.0 Å². The summed E-state index contributed by atoms with van der Waals surface area (Å²) in [7, 11) is 1.78. The smallest absolute Gasteiger partial charge is 0.225 e. The number of carbonyl (C=O) groups excluding carboxylic acids is 1. The average molecular weight is 535 g/mol. The Balaban J connectivity index is 0.00000243. The minimum atomic E-state index is 0. The first-order chi connectivity index (χ1) is 12.2. The van der Waals surface area contributed by atoms with E-state index in [4.69, 9.17) is 0 Å². The van der Waals surface area contributed by atoms with Crippen LogP contribution in [-0.2, 0) is 11.3 Å².